The van der Waals surface area contributed by atoms with Crippen LogP contribution in [0.2, 0.25) is 0 Å². The van der Waals surface area contributed by atoms with E-state index in [1.807, 2.05) is 6.07 Å². The molecule has 6 nitrogen and oxygen atoms in total. The van der Waals surface area contributed by atoms with E-state index in [0.29, 0.717) is 5.92 Å². The highest BCUT2D eigenvalue weighted by atomic mass is 32.1. The van der Waals surface area contributed by atoms with E-state index in [4.69, 9.17) is 9.47 Å². The van der Waals surface area contributed by atoms with Crippen molar-refractivity contribution in [2.45, 2.75) is 32.6 Å². The predicted octanol–water partition coefficient (Wildman–Crippen LogP) is 3.23. The molecule has 3 rings (SSSR count). The smallest absolute Gasteiger partial charge is 0.191 e. The lowest BCUT2D eigenvalue weighted by atomic mass is 10.1. The van der Waals surface area contributed by atoms with Gasteiger partial charge in [0.25, 0.3) is 0 Å². The quantitative estimate of drug-likeness (QED) is 0.342. The molecule has 0 saturated carbocycles. The molecule has 0 bridgehead atoms. The highest BCUT2D eigenvalue weighted by molar-refractivity contribution is 7.18. The molecule has 28 heavy (non-hydrogen) atoms. The molecule has 1 aromatic carbocycles. The average molecular weight is 405 g/mol. The van der Waals surface area contributed by atoms with E-state index < -0.39 is 0 Å². The molecule has 0 spiro atoms. The Bertz CT molecular complexity index is 695. The largest absolute Gasteiger partial charge is 0.381 e. The molecule has 0 amide bonds. The van der Waals surface area contributed by atoms with Crippen molar-refractivity contribution in [3.8, 4) is 0 Å². The van der Waals surface area contributed by atoms with Gasteiger partial charge in [-0.3, -0.25) is 4.99 Å². The molecule has 1 saturated heterocycles. The molecule has 1 fully saturated rings. The van der Waals surface area contributed by atoms with Crippen molar-refractivity contribution in [1.82, 2.24) is 15.6 Å². The van der Waals surface area contributed by atoms with Gasteiger partial charge in [-0.15, -0.1) is 11.3 Å². The number of benzene rings is 1. The number of hydrogen-bond acceptors (Lipinski definition) is 5. The topological polar surface area (TPSA) is 67.8 Å². The first-order chi connectivity index (χ1) is 13.8. The van der Waals surface area contributed by atoms with E-state index in [9.17, 15) is 0 Å². The fraction of sp³-hybridized carbons (Fsp3) is 0.619. The van der Waals surface area contributed by atoms with Crippen LogP contribution in [-0.4, -0.2) is 57.0 Å². The molecule has 154 valence electrons. The third-order valence-electron chi connectivity index (χ3n) is 4.64. The molecular weight excluding hydrogens is 372 g/mol. The van der Waals surface area contributed by atoms with Gasteiger partial charge in [0.2, 0.25) is 0 Å². The maximum Gasteiger partial charge on any atom is 0.191 e. The lowest BCUT2D eigenvalue weighted by molar-refractivity contribution is 0.0888. The van der Waals surface area contributed by atoms with E-state index in [0.717, 1.165) is 83.2 Å². The van der Waals surface area contributed by atoms with Gasteiger partial charge in [0.05, 0.1) is 28.4 Å². The number of ether oxygens (including phenoxy) is 2. The SMILES string of the molecule is CCNC(=NCCCc1nc2ccccc2s1)NCCCOCC1CCOC1. The summed E-state index contributed by atoms with van der Waals surface area (Å²) in [5.74, 6) is 1.47. The number of guanidine groups is 1. The maximum absolute atomic E-state index is 5.75. The van der Waals surface area contributed by atoms with Crippen LogP contribution in [0.25, 0.3) is 10.2 Å². The molecule has 0 radical (unpaired) electrons. The second-order valence-electron chi connectivity index (χ2n) is 7.02. The van der Waals surface area contributed by atoms with Crippen molar-refractivity contribution in [1.29, 1.82) is 0 Å². The number of aliphatic imine (C=N–C) groups is 1. The number of aryl methyl sites for hydroxylation is 1. The van der Waals surface area contributed by atoms with Gasteiger partial charge in [-0.1, -0.05) is 12.1 Å². The van der Waals surface area contributed by atoms with Gasteiger partial charge in [-0.2, -0.15) is 0 Å². The summed E-state index contributed by atoms with van der Waals surface area (Å²) in [7, 11) is 0. The number of rotatable bonds is 11. The summed E-state index contributed by atoms with van der Waals surface area (Å²) in [6.45, 7) is 7.95. The summed E-state index contributed by atoms with van der Waals surface area (Å²) in [5.41, 5.74) is 1.10. The third kappa shape index (κ3) is 7.04. The first kappa shape index (κ1) is 21.0. The number of aromatic nitrogens is 1. The van der Waals surface area contributed by atoms with Crippen LogP contribution in [0.4, 0.5) is 0 Å². The number of para-hydroxylation sites is 1. The molecule has 1 aliphatic rings. The van der Waals surface area contributed by atoms with Gasteiger partial charge in [0, 0.05) is 45.2 Å². The normalized spacial score (nSPS) is 17.3. The summed E-state index contributed by atoms with van der Waals surface area (Å²) in [6, 6.07) is 8.31. The van der Waals surface area contributed by atoms with Crippen molar-refractivity contribution >= 4 is 27.5 Å². The molecule has 1 aromatic heterocycles. The molecule has 1 atom stereocenters. The lowest BCUT2D eigenvalue weighted by Crippen LogP contribution is -2.38. The highest BCUT2D eigenvalue weighted by Crippen LogP contribution is 2.22. The molecule has 7 heteroatoms. The van der Waals surface area contributed by atoms with Crippen LogP contribution in [-0.2, 0) is 15.9 Å². The van der Waals surface area contributed by atoms with Crippen LogP contribution in [0.15, 0.2) is 29.3 Å². The van der Waals surface area contributed by atoms with Crippen LogP contribution < -0.4 is 10.6 Å². The Hall–Kier alpha value is -1.70. The van der Waals surface area contributed by atoms with Crippen molar-refractivity contribution in [3.63, 3.8) is 0 Å². The van der Waals surface area contributed by atoms with Gasteiger partial charge in [-0.25, -0.2) is 4.98 Å². The zero-order valence-corrected chi connectivity index (χ0v) is 17.6. The van der Waals surface area contributed by atoms with Crippen LogP contribution in [0.1, 0.15) is 31.2 Å². The molecule has 0 aliphatic carbocycles. The monoisotopic (exact) mass is 404 g/mol. The fourth-order valence-corrected chi connectivity index (χ4v) is 4.14. The summed E-state index contributed by atoms with van der Waals surface area (Å²) in [6.07, 6.45) is 4.08. The minimum Gasteiger partial charge on any atom is -0.381 e. The Kier molecular flexibility index (Phi) is 9.00. The number of fused-ring (bicyclic) bond motifs is 1. The van der Waals surface area contributed by atoms with Gasteiger partial charge < -0.3 is 20.1 Å². The minimum absolute atomic E-state index is 0.585. The fourth-order valence-electron chi connectivity index (χ4n) is 3.14. The standard InChI is InChI=1S/C21H32N4O2S/c1-2-22-21(24-12-6-13-26-15-17-10-14-27-16-17)23-11-5-9-20-25-18-7-3-4-8-19(18)28-20/h3-4,7-8,17H,2,5-6,9-16H2,1H3,(H2,22,23,24). The Morgan fingerprint density at radius 2 is 2.25 bits per heavy atom. The zero-order valence-electron chi connectivity index (χ0n) is 16.8. The molecule has 2 N–H and O–H groups in total. The summed E-state index contributed by atoms with van der Waals surface area (Å²) >= 11 is 1.78. The van der Waals surface area contributed by atoms with Crippen molar-refractivity contribution in [2.75, 3.05) is 46.1 Å². The second kappa shape index (κ2) is 12.0. The molecule has 2 aromatic rings. The van der Waals surface area contributed by atoms with Crippen molar-refractivity contribution < 1.29 is 9.47 Å². The van der Waals surface area contributed by atoms with Crippen LogP contribution in [0, 0.1) is 5.92 Å². The van der Waals surface area contributed by atoms with Gasteiger partial charge in [0.1, 0.15) is 0 Å². The number of hydrogen-bond donors (Lipinski definition) is 2. The number of nitrogens with zero attached hydrogens (tertiary/aromatic N) is 2. The number of thiazole rings is 1. The maximum atomic E-state index is 5.75. The first-order valence-electron chi connectivity index (χ1n) is 10.4. The average Bonchev–Trinajstić information content (AvgIpc) is 3.36. The lowest BCUT2D eigenvalue weighted by Gasteiger charge is -2.12. The van der Waals surface area contributed by atoms with Crippen LogP contribution in [0.3, 0.4) is 0 Å². The minimum atomic E-state index is 0.585. The van der Waals surface area contributed by atoms with Crippen molar-refractivity contribution in [2.24, 2.45) is 10.9 Å². The molecular formula is C21H32N4O2S. The van der Waals surface area contributed by atoms with E-state index in [-0.39, 0.29) is 0 Å². The highest BCUT2D eigenvalue weighted by Gasteiger charge is 2.15. The predicted molar refractivity (Wildman–Crippen MR) is 116 cm³/mol. The van der Waals surface area contributed by atoms with E-state index in [2.05, 4.69) is 45.7 Å². The Labute approximate surface area is 171 Å². The summed E-state index contributed by atoms with van der Waals surface area (Å²) in [5, 5.41) is 7.89. The third-order valence-corrected chi connectivity index (χ3v) is 5.73. The zero-order chi connectivity index (χ0) is 19.4. The van der Waals surface area contributed by atoms with Gasteiger partial charge in [0.15, 0.2) is 5.96 Å². The molecule has 1 aliphatic heterocycles. The van der Waals surface area contributed by atoms with Crippen molar-refractivity contribution in [3.05, 3.63) is 29.3 Å². The molecule has 1 unspecified atom stereocenters. The van der Waals surface area contributed by atoms with E-state index in [1.54, 1.807) is 11.3 Å². The Morgan fingerprint density at radius 1 is 1.32 bits per heavy atom. The van der Waals surface area contributed by atoms with Gasteiger partial charge in [-0.05, 0) is 38.3 Å². The van der Waals surface area contributed by atoms with Crippen LogP contribution >= 0.6 is 11.3 Å². The van der Waals surface area contributed by atoms with E-state index in [1.165, 1.54) is 9.71 Å². The van der Waals surface area contributed by atoms with E-state index >= 15 is 0 Å². The number of nitrogens with one attached hydrogen (secondary N) is 2. The first-order valence-corrected chi connectivity index (χ1v) is 11.2. The second-order valence-corrected chi connectivity index (χ2v) is 8.14. The summed E-state index contributed by atoms with van der Waals surface area (Å²) in [4.78, 5) is 9.37. The van der Waals surface area contributed by atoms with Gasteiger partial charge >= 0.3 is 0 Å². The Balaban J connectivity index is 1.30. The molecule has 2 heterocycles. The van der Waals surface area contributed by atoms with Crippen LogP contribution in [0.5, 0.6) is 0 Å². The summed E-state index contributed by atoms with van der Waals surface area (Å²) < 4.78 is 12.4. The Morgan fingerprint density at radius 3 is 3.07 bits per heavy atom.